The monoisotopic (exact) mass is 442 g/mol. The summed E-state index contributed by atoms with van der Waals surface area (Å²) in [5, 5.41) is 19.8. The van der Waals surface area contributed by atoms with Crippen LogP contribution in [0.1, 0.15) is 18.2 Å². The topological polar surface area (TPSA) is 138 Å². The summed E-state index contributed by atoms with van der Waals surface area (Å²) in [6.45, 7) is 0.152. The number of aromatic nitrogens is 4. The van der Waals surface area contributed by atoms with Crippen molar-refractivity contribution in [1.29, 1.82) is 0 Å². The van der Waals surface area contributed by atoms with Gasteiger partial charge >= 0.3 is 0 Å². The first kappa shape index (κ1) is 22.1. The molecule has 0 aliphatic carbocycles. The highest BCUT2D eigenvalue weighted by atomic mass is 16.5. The Morgan fingerprint density at radius 2 is 2.09 bits per heavy atom. The standard InChI is InChI=1S/C21H26N6O5/c1-26(2)11-22-21-24-19-17(20(30)25-21)23-18(13-6-4-12(5-7-13)10-31-3)27(19)16-8-14(29)15(9-28)32-16/h4-7,11,14-16,28-29H,8-10H2,1-3H3,(H,24,25,30)/t14-,15+,16+/m0/s1. The Balaban J connectivity index is 1.88. The van der Waals surface area contributed by atoms with Crippen molar-refractivity contribution in [3.63, 3.8) is 0 Å². The fraction of sp³-hybridized carbons (Fsp3) is 0.429. The third kappa shape index (κ3) is 4.28. The lowest BCUT2D eigenvalue weighted by molar-refractivity contribution is -0.0426. The lowest BCUT2D eigenvalue weighted by Crippen LogP contribution is -2.24. The van der Waals surface area contributed by atoms with Gasteiger partial charge in [-0.25, -0.2) is 9.98 Å². The zero-order valence-electron chi connectivity index (χ0n) is 18.1. The summed E-state index contributed by atoms with van der Waals surface area (Å²) in [6.07, 6.45) is -0.510. The summed E-state index contributed by atoms with van der Waals surface area (Å²) < 4.78 is 12.7. The minimum absolute atomic E-state index is 0.122. The molecule has 1 aliphatic heterocycles. The molecule has 170 valence electrons. The van der Waals surface area contributed by atoms with Crippen molar-refractivity contribution in [2.75, 3.05) is 27.8 Å². The predicted molar refractivity (Wildman–Crippen MR) is 118 cm³/mol. The number of nitrogens with one attached hydrogen (secondary N) is 1. The van der Waals surface area contributed by atoms with Gasteiger partial charge in [0.1, 0.15) is 18.2 Å². The van der Waals surface area contributed by atoms with Gasteiger partial charge in [-0.2, -0.15) is 4.98 Å². The molecule has 0 amide bonds. The van der Waals surface area contributed by atoms with Gasteiger partial charge in [-0.3, -0.25) is 14.3 Å². The molecule has 2 aromatic heterocycles. The van der Waals surface area contributed by atoms with E-state index in [0.717, 1.165) is 11.1 Å². The summed E-state index contributed by atoms with van der Waals surface area (Å²) in [7, 11) is 5.24. The average molecular weight is 442 g/mol. The Morgan fingerprint density at radius 1 is 1.34 bits per heavy atom. The van der Waals surface area contributed by atoms with Crippen LogP contribution in [0.3, 0.4) is 0 Å². The molecule has 0 saturated carbocycles. The number of imidazole rings is 1. The number of aromatic amines is 1. The second kappa shape index (κ2) is 9.17. The highest BCUT2D eigenvalue weighted by Crippen LogP contribution is 2.35. The van der Waals surface area contributed by atoms with Crippen LogP contribution in [0, 0.1) is 0 Å². The second-order valence-electron chi connectivity index (χ2n) is 7.82. The molecule has 0 unspecified atom stereocenters. The molecule has 3 atom stereocenters. The normalized spacial score (nSPS) is 21.1. The Hall–Kier alpha value is -3.12. The van der Waals surface area contributed by atoms with Crippen molar-refractivity contribution in [2.45, 2.75) is 31.5 Å². The number of aliphatic hydroxyl groups excluding tert-OH is 2. The smallest absolute Gasteiger partial charge is 0.280 e. The largest absolute Gasteiger partial charge is 0.394 e. The van der Waals surface area contributed by atoms with Gasteiger partial charge in [-0.15, -0.1) is 0 Å². The molecule has 3 aromatic rings. The minimum Gasteiger partial charge on any atom is -0.394 e. The van der Waals surface area contributed by atoms with Gasteiger partial charge in [0.25, 0.3) is 5.56 Å². The third-order valence-electron chi connectivity index (χ3n) is 5.14. The van der Waals surface area contributed by atoms with Crippen molar-refractivity contribution in [1.82, 2.24) is 24.4 Å². The Kier molecular flexibility index (Phi) is 6.33. The van der Waals surface area contributed by atoms with Crippen LogP contribution in [0.4, 0.5) is 5.95 Å². The van der Waals surface area contributed by atoms with E-state index in [1.807, 2.05) is 24.3 Å². The first-order valence-corrected chi connectivity index (χ1v) is 10.2. The van der Waals surface area contributed by atoms with Gasteiger partial charge in [-0.05, 0) is 5.56 Å². The van der Waals surface area contributed by atoms with E-state index in [9.17, 15) is 15.0 Å². The molecule has 1 saturated heterocycles. The van der Waals surface area contributed by atoms with Crippen molar-refractivity contribution in [2.24, 2.45) is 4.99 Å². The molecule has 4 rings (SSSR count). The molecule has 11 heteroatoms. The number of methoxy groups -OCH3 is 1. The SMILES string of the molecule is COCc1ccc(-c2nc3c(=O)[nH]c(N=CN(C)C)nc3n2[C@H]2C[C@H](O)[C@@H](CO)O2)cc1. The molecule has 32 heavy (non-hydrogen) atoms. The molecule has 3 heterocycles. The Labute approximate surface area is 184 Å². The van der Waals surface area contributed by atoms with E-state index < -0.39 is 24.0 Å². The molecule has 0 radical (unpaired) electrons. The van der Waals surface area contributed by atoms with E-state index in [2.05, 4.69) is 19.9 Å². The van der Waals surface area contributed by atoms with E-state index in [-0.39, 0.29) is 30.1 Å². The maximum Gasteiger partial charge on any atom is 0.280 e. The second-order valence-corrected chi connectivity index (χ2v) is 7.82. The first-order valence-electron chi connectivity index (χ1n) is 10.2. The maximum atomic E-state index is 12.8. The maximum absolute atomic E-state index is 12.8. The van der Waals surface area contributed by atoms with Crippen LogP contribution in [0.15, 0.2) is 34.1 Å². The number of H-pyrrole nitrogens is 1. The summed E-state index contributed by atoms with van der Waals surface area (Å²) in [4.78, 5) is 30.4. The number of fused-ring (bicyclic) bond motifs is 1. The lowest BCUT2D eigenvalue weighted by atomic mass is 10.1. The molecule has 0 spiro atoms. The third-order valence-corrected chi connectivity index (χ3v) is 5.14. The fourth-order valence-corrected chi connectivity index (χ4v) is 3.63. The van der Waals surface area contributed by atoms with E-state index in [0.29, 0.717) is 12.4 Å². The number of ether oxygens (including phenoxy) is 2. The Bertz CT molecular complexity index is 1170. The van der Waals surface area contributed by atoms with Crippen LogP contribution in [-0.2, 0) is 16.1 Å². The number of aliphatic hydroxyl groups is 2. The molecule has 3 N–H and O–H groups in total. The van der Waals surface area contributed by atoms with Crippen LogP contribution in [0.2, 0.25) is 0 Å². The van der Waals surface area contributed by atoms with E-state index in [1.165, 1.54) is 6.34 Å². The zero-order valence-corrected chi connectivity index (χ0v) is 18.1. The van der Waals surface area contributed by atoms with Crippen LogP contribution in [-0.4, -0.2) is 81.0 Å². The quantitative estimate of drug-likeness (QED) is 0.361. The summed E-state index contributed by atoms with van der Waals surface area (Å²) in [6, 6.07) is 7.57. The number of benzene rings is 1. The molecule has 1 aliphatic rings. The molecule has 0 bridgehead atoms. The van der Waals surface area contributed by atoms with E-state index in [4.69, 9.17) is 9.47 Å². The molecule has 1 fully saturated rings. The number of hydrogen-bond acceptors (Lipinski definition) is 8. The number of aliphatic imine (C=N–C) groups is 1. The summed E-state index contributed by atoms with van der Waals surface area (Å²) in [5.41, 5.74) is 1.71. The van der Waals surface area contributed by atoms with Gasteiger partial charge < -0.3 is 24.6 Å². The van der Waals surface area contributed by atoms with Gasteiger partial charge in [0.2, 0.25) is 5.95 Å². The molecule has 11 nitrogen and oxygen atoms in total. The van der Waals surface area contributed by atoms with Crippen molar-refractivity contribution >= 4 is 23.5 Å². The zero-order chi connectivity index (χ0) is 22.8. The molecular formula is C21H26N6O5. The van der Waals surface area contributed by atoms with Crippen molar-refractivity contribution in [3.8, 4) is 11.4 Å². The first-order chi connectivity index (χ1) is 15.4. The van der Waals surface area contributed by atoms with Crippen LogP contribution < -0.4 is 5.56 Å². The number of rotatable bonds is 7. The van der Waals surface area contributed by atoms with Crippen LogP contribution in [0.5, 0.6) is 0 Å². The van der Waals surface area contributed by atoms with E-state index >= 15 is 0 Å². The van der Waals surface area contributed by atoms with Gasteiger partial charge in [0, 0.05) is 33.2 Å². The van der Waals surface area contributed by atoms with Crippen LogP contribution >= 0.6 is 0 Å². The lowest BCUT2D eigenvalue weighted by Gasteiger charge is -2.17. The van der Waals surface area contributed by atoms with E-state index in [1.54, 1.807) is 30.7 Å². The fourth-order valence-electron chi connectivity index (χ4n) is 3.63. The van der Waals surface area contributed by atoms with Crippen molar-refractivity contribution < 1.29 is 19.7 Å². The van der Waals surface area contributed by atoms with Gasteiger partial charge in [0.15, 0.2) is 11.2 Å². The average Bonchev–Trinajstić information content (AvgIpc) is 3.33. The minimum atomic E-state index is -0.854. The van der Waals surface area contributed by atoms with Crippen LogP contribution in [0.25, 0.3) is 22.6 Å². The van der Waals surface area contributed by atoms with Crippen molar-refractivity contribution in [3.05, 3.63) is 40.2 Å². The van der Waals surface area contributed by atoms with Gasteiger partial charge in [0.05, 0.1) is 25.7 Å². The Morgan fingerprint density at radius 3 is 2.72 bits per heavy atom. The highest BCUT2D eigenvalue weighted by Gasteiger charge is 2.37. The summed E-state index contributed by atoms with van der Waals surface area (Å²) in [5.74, 6) is 0.586. The highest BCUT2D eigenvalue weighted by molar-refractivity contribution is 5.77. The number of hydrogen-bond donors (Lipinski definition) is 3. The molecular weight excluding hydrogens is 416 g/mol. The molecule has 1 aromatic carbocycles. The number of nitrogens with zero attached hydrogens (tertiary/aromatic N) is 5. The summed E-state index contributed by atoms with van der Waals surface area (Å²) >= 11 is 0. The predicted octanol–water partition coefficient (Wildman–Crippen LogP) is 0.795. The van der Waals surface area contributed by atoms with Gasteiger partial charge in [-0.1, -0.05) is 24.3 Å².